The Morgan fingerprint density at radius 3 is 2.17 bits per heavy atom. The fourth-order valence-electron chi connectivity index (χ4n) is 2.86. The molecule has 1 unspecified atom stereocenters. The molecule has 2 heteroatoms. The van der Waals surface area contributed by atoms with E-state index in [-0.39, 0.29) is 11.4 Å². The second-order valence-corrected chi connectivity index (χ2v) is 7.17. The summed E-state index contributed by atoms with van der Waals surface area (Å²) in [5.74, 6) is -0.193. The van der Waals surface area contributed by atoms with E-state index < -0.39 is 0 Å². The lowest BCUT2D eigenvalue weighted by Gasteiger charge is -2.29. The lowest BCUT2D eigenvalue weighted by atomic mass is 9.80. The molecule has 0 saturated carbocycles. The summed E-state index contributed by atoms with van der Waals surface area (Å²) >= 11 is 0. The number of aryl methyl sites for hydroxylation is 1. The molecule has 0 amide bonds. The van der Waals surface area contributed by atoms with Gasteiger partial charge in [0.15, 0.2) is 0 Å². The molecule has 0 heterocycles. The molecule has 0 aromatic heterocycles. The van der Waals surface area contributed by atoms with Gasteiger partial charge in [0, 0.05) is 5.41 Å². The maximum Gasteiger partial charge on any atom is 0.338 e. The van der Waals surface area contributed by atoms with Crippen molar-refractivity contribution in [2.24, 2.45) is 5.41 Å². The quantitative estimate of drug-likeness (QED) is 0.352. The average Bonchev–Trinajstić information content (AvgIpc) is 2.56. The highest BCUT2D eigenvalue weighted by Gasteiger charge is 2.25. The van der Waals surface area contributed by atoms with E-state index in [9.17, 15) is 4.79 Å². The first-order valence-corrected chi connectivity index (χ1v) is 9.24. The minimum Gasteiger partial charge on any atom is -0.462 e. The molecular weight excluding hydrogens is 284 g/mol. The molecule has 1 aromatic carbocycles. The number of carbonyl (C=O) groups excluding carboxylic acids is 1. The monoisotopic (exact) mass is 318 g/mol. The lowest BCUT2D eigenvalue weighted by Crippen LogP contribution is -2.25. The van der Waals surface area contributed by atoms with Crippen molar-refractivity contribution in [2.45, 2.75) is 79.1 Å². The topological polar surface area (TPSA) is 26.3 Å². The third-order valence-corrected chi connectivity index (χ3v) is 4.61. The number of carbonyl (C=O) groups is 1. The van der Waals surface area contributed by atoms with Crippen molar-refractivity contribution in [3.63, 3.8) is 0 Å². The van der Waals surface area contributed by atoms with E-state index in [1.54, 1.807) is 0 Å². The third kappa shape index (κ3) is 7.67. The molecule has 23 heavy (non-hydrogen) atoms. The number of esters is 1. The van der Waals surface area contributed by atoms with Crippen LogP contribution >= 0.6 is 0 Å². The fraction of sp³-hybridized carbons (Fsp3) is 0.667. The van der Waals surface area contributed by atoms with E-state index >= 15 is 0 Å². The van der Waals surface area contributed by atoms with Gasteiger partial charge >= 0.3 is 5.97 Å². The van der Waals surface area contributed by atoms with Gasteiger partial charge in [-0.2, -0.15) is 0 Å². The van der Waals surface area contributed by atoms with Gasteiger partial charge in [-0.05, 0) is 31.9 Å². The molecule has 1 aromatic rings. The maximum absolute atomic E-state index is 12.2. The molecule has 2 nitrogen and oxygen atoms in total. The minimum absolute atomic E-state index is 0.115. The zero-order valence-corrected chi connectivity index (χ0v) is 15.5. The summed E-state index contributed by atoms with van der Waals surface area (Å²) in [6.45, 7) is 9.28. The molecule has 0 aliphatic carbocycles. The van der Waals surface area contributed by atoms with Crippen LogP contribution in [0.1, 0.15) is 88.1 Å². The van der Waals surface area contributed by atoms with Gasteiger partial charge in [-0.1, -0.05) is 77.0 Å². The van der Waals surface area contributed by atoms with E-state index in [0.717, 1.165) is 18.4 Å². The first kappa shape index (κ1) is 19.7. The number of rotatable bonds is 11. The van der Waals surface area contributed by atoms with Gasteiger partial charge in [-0.25, -0.2) is 4.79 Å². The molecule has 130 valence electrons. The van der Waals surface area contributed by atoms with Crippen molar-refractivity contribution in [3.8, 4) is 0 Å². The largest absolute Gasteiger partial charge is 0.462 e. The predicted molar refractivity (Wildman–Crippen MR) is 97.9 cm³/mol. The number of hydrogen-bond donors (Lipinski definition) is 0. The summed E-state index contributed by atoms with van der Waals surface area (Å²) in [6.07, 6.45) is 9.75. The smallest absolute Gasteiger partial charge is 0.338 e. The Labute approximate surface area is 142 Å². The molecule has 0 fully saturated rings. The van der Waals surface area contributed by atoms with Crippen LogP contribution < -0.4 is 0 Å². The summed E-state index contributed by atoms with van der Waals surface area (Å²) in [5.41, 5.74) is 1.93. The summed E-state index contributed by atoms with van der Waals surface area (Å²) < 4.78 is 5.65. The van der Waals surface area contributed by atoms with Crippen LogP contribution in [-0.2, 0) is 4.74 Å². The third-order valence-electron chi connectivity index (χ3n) is 4.61. The first-order valence-electron chi connectivity index (χ1n) is 9.24. The molecule has 1 rings (SSSR count). The Kier molecular flexibility index (Phi) is 8.98. The molecule has 0 spiro atoms. The van der Waals surface area contributed by atoms with Crippen molar-refractivity contribution < 1.29 is 9.53 Å². The van der Waals surface area contributed by atoms with Crippen LogP contribution in [0.5, 0.6) is 0 Å². The molecule has 0 aliphatic rings. The van der Waals surface area contributed by atoms with Crippen molar-refractivity contribution in [2.75, 3.05) is 6.61 Å². The van der Waals surface area contributed by atoms with Crippen LogP contribution in [-0.4, -0.2) is 12.6 Å². The van der Waals surface area contributed by atoms with Gasteiger partial charge in [0.2, 0.25) is 0 Å². The van der Waals surface area contributed by atoms with Gasteiger partial charge in [0.1, 0.15) is 0 Å². The van der Waals surface area contributed by atoms with Crippen LogP contribution in [0.15, 0.2) is 24.3 Å². The molecule has 0 saturated heterocycles. The average molecular weight is 319 g/mol. The van der Waals surface area contributed by atoms with E-state index in [4.69, 9.17) is 4.74 Å². The van der Waals surface area contributed by atoms with Crippen LogP contribution in [0.4, 0.5) is 0 Å². The fourth-order valence-corrected chi connectivity index (χ4v) is 2.86. The van der Waals surface area contributed by atoms with Crippen LogP contribution in [0.3, 0.4) is 0 Å². The second kappa shape index (κ2) is 10.5. The van der Waals surface area contributed by atoms with E-state index in [2.05, 4.69) is 20.8 Å². The molecule has 0 N–H and O–H groups in total. The maximum atomic E-state index is 12.2. The van der Waals surface area contributed by atoms with Crippen LogP contribution in [0.2, 0.25) is 0 Å². The first-order chi connectivity index (χ1) is 11.0. The zero-order valence-electron chi connectivity index (χ0n) is 15.5. The number of unbranched alkanes of at least 4 members (excludes halogenated alkanes) is 4. The molecule has 1 atom stereocenters. The highest BCUT2D eigenvalue weighted by molar-refractivity contribution is 5.89. The Bertz CT molecular complexity index is 449. The van der Waals surface area contributed by atoms with Crippen molar-refractivity contribution in [3.05, 3.63) is 35.4 Å². The van der Waals surface area contributed by atoms with Gasteiger partial charge < -0.3 is 4.74 Å². The van der Waals surface area contributed by atoms with Crippen molar-refractivity contribution in [1.82, 2.24) is 0 Å². The highest BCUT2D eigenvalue weighted by Crippen LogP contribution is 2.31. The summed E-state index contributed by atoms with van der Waals surface area (Å²) in [6, 6.07) is 7.61. The summed E-state index contributed by atoms with van der Waals surface area (Å²) in [7, 11) is 0. The molecule has 0 aliphatic heterocycles. The van der Waals surface area contributed by atoms with Crippen LogP contribution in [0.25, 0.3) is 0 Å². The number of benzene rings is 1. The lowest BCUT2D eigenvalue weighted by molar-refractivity contribution is 0.0265. The number of hydrogen-bond acceptors (Lipinski definition) is 2. The van der Waals surface area contributed by atoms with E-state index in [0.29, 0.717) is 12.2 Å². The van der Waals surface area contributed by atoms with Crippen LogP contribution in [0, 0.1) is 12.3 Å². The SMILES string of the molecule is CCCCCCC(C)(CCCC)COC(=O)c1ccc(C)cc1. The predicted octanol–water partition coefficient (Wildman–Crippen LogP) is 6.32. The standard InChI is InChI=1S/C21H34O2/c1-5-7-9-10-16-21(4,15-8-6-2)17-23-20(22)19-13-11-18(3)12-14-19/h11-14H,5-10,15-17H2,1-4H3. The van der Waals surface area contributed by atoms with Gasteiger partial charge in [0.25, 0.3) is 0 Å². The minimum atomic E-state index is -0.193. The van der Waals surface area contributed by atoms with Gasteiger partial charge in [-0.15, -0.1) is 0 Å². The van der Waals surface area contributed by atoms with Gasteiger partial charge in [0.05, 0.1) is 12.2 Å². The second-order valence-electron chi connectivity index (χ2n) is 7.17. The normalized spacial score (nSPS) is 13.6. The summed E-state index contributed by atoms with van der Waals surface area (Å²) in [4.78, 5) is 12.2. The molecular formula is C21H34O2. The summed E-state index contributed by atoms with van der Waals surface area (Å²) in [5, 5.41) is 0. The Balaban J connectivity index is 2.54. The van der Waals surface area contributed by atoms with Crippen molar-refractivity contribution >= 4 is 5.97 Å². The highest BCUT2D eigenvalue weighted by atomic mass is 16.5. The molecule has 0 radical (unpaired) electrons. The number of ether oxygens (including phenoxy) is 1. The Morgan fingerprint density at radius 2 is 1.57 bits per heavy atom. The van der Waals surface area contributed by atoms with Gasteiger partial charge in [-0.3, -0.25) is 0 Å². The zero-order chi connectivity index (χ0) is 17.1. The Morgan fingerprint density at radius 1 is 0.957 bits per heavy atom. The van der Waals surface area contributed by atoms with Crippen molar-refractivity contribution in [1.29, 1.82) is 0 Å². The Hall–Kier alpha value is -1.31. The molecule has 0 bridgehead atoms. The van der Waals surface area contributed by atoms with E-state index in [1.165, 1.54) is 38.5 Å². The van der Waals surface area contributed by atoms with E-state index in [1.807, 2.05) is 31.2 Å².